The summed E-state index contributed by atoms with van der Waals surface area (Å²) in [6.07, 6.45) is 4.12. The molecule has 3 heteroatoms. The molecule has 0 bridgehead atoms. The number of rotatable bonds is 4. The summed E-state index contributed by atoms with van der Waals surface area (Å²) >= 11 is 0. The number of ether oxygens (including phenoxy) is 1. The van der Waals surface area contributed by atoms with E-state index in [2.05, 4.69) is 41.4 Å². The zero-order valence-corrected chi connectivity index (χ0v) is 12.5. The van der Waals surface area contributed by atoms with Crippen LogP contribution >= 0.6 is 0 Å². The predicted octanol–water partition coefficient (Wildman–Crippen LogP) is 2.72. The van der Waals surface area contributed by atoms with Crippen molar-refractivity contribution in [2.24, 2.45) is 0 Å². The maximum atomic E-state index is 5.71. The monoisotopic (exact) mass is 274 g/mol. The summed E-state index contributed by atoms with van der Waals surface area (Å²) in [6, 6.07) is 9.61. The third-order valence-corrected chi connectivity index (χ3v) is 4.65. The van der Waals surface area contributed by atoms with Crippen LogP contribution in [0.25, 0.3) is 0 Å². The van der Waals surface area contributed by atoms with Crippen molar-refractivity contribution >= 4 is 0 Å². The molecule has 0 aliphatic carbocycles. The molecule has 2 aliphatic rings. The number of hydrogen-bond donors (Lipinski definition) is 1. The van der Waals surface area contributed by atoms with Crippen LogP contribution in [0.15, 0.2) is 24.3 Å². The Morgan fingerprint density at radius 1 is 1.25 bits per heavy atom. The Balaban J connectivity index is 1.56. The SMILES string of the molecule is CC(CNC1COCc2ccccc21)N1CCCCC1. The van der Waals surface area contributed by atoms with Crippen molar-refractivity contribution in [3.8, 4) is 0 Å². The first kappa shape index (κ1) is 14.1. The lowest BCUT2D eigenvalue weighted by atomic mass is 9.99. The van der Waals surface area contributed by atoms with Crippen LogP contribution in [-0.2, 0) is 11.3 Å². The zero-order valence-electron chi connectivity index (χ0n) is 12.5. The van der Waals surface area contributed by atoms with Crippen molar-refractivity contribution in [3.05, 3.63) is 35.4 Å². The summed E-state index contributed by atoms with van der Waals surface area (Å²) in [5.41, 5.74) is 2.76. The second kappa shape index (κ2) is 6.70. The molecule has 1 aromatic carbocycles. The lowest BCUT2D eigenvalue weighted by molar-refractivity contribution is 0.0778. The largest absolute Gasteiger partial charge is 0.375 e. The maximum Gasteiger partial charge on any atom is 0.0721 e. The first-order valence-corrected chi connectivity index (χ1v) is 7.97. The standard InChI is InChI=1S/C17H26N2O/c1-14(19-9-5-2-6-10-19)11-18-17-13-20-12-15-7-3-4-8-16(15)17/h3-4,7-8,14,17-18H,2,5-6,9-13H2,1H3. The van der Waals surface area contributed by atoms with Gasteiger partial charge in [-0.1, -0.05) is 30.7 Å². The summed E-state index contributed by atoms with van der Waals surface area (Å²) < 4.78 is 5.71. The number of likely N-dealkylation sites (tertiary alicyclic amines) is 1. The smallest absolute Gasteiger partial charge is 0.0721 e. The molecule has 1 N–H and O–H groups in total. The predicted molar refractivity (Wildman–Crippen MR) is 81.7 cm³/mol. The third-order valence-electron chi connectivity index (χ3n) is 4.65. The van der Waals surface area contributed by atoms with Gasteiger partial charge in [-0.3, -0.25) is 4.90 Å². The van der Waals surface area contributed by atoms with E-state index in [0.717, 1.165) is 19.8 Å². The second-order valence-electron chi connectivity index (χ2n) is 6.12. The van der Waals surface area contributed by atoms with E-state index in [-0.39, 0.29) is 0 Å². The Hall–Kier alpha value is -0.900. The minimum Gasteiger partial charge on any atom is -0.375 e. The Morgan fingerprint density at radius 2 is 2.05 bits per heavy atom. The topological polar surface area (TPSA) is 24.5 Å². The van der Waals surface area contributed by atoms with Gasteiger partial charge < -0.3 is 10.1 Å². The van der Waals surface area contributed by atoms with Crippen LogP contribution in [0.1, 0.15) is 43.4 Å². The Labute approximate surface area is 122 Å². The van der Waals surface area contributed by atoms with Gasteiger partial charge in [0.15, 0.2) is 0 Å². The molecule has 0 saturated carbocycles. The molecule has 0 spiro atoms. The van der Waals surface area contributed by atoms with E-state index in [1.165, 1.54) is 43.5 Å². The number of hydrogen-bond acceptors (Lipinski definition) is 3. The summed E-state index contributed by atoms with van der Waals surface area (Å²) in [4.78, 5) is 2.62. The van der Waals surface area contributed by atoms with Gasteiger partial charge in [-0.05, 0) is 44.0 Å². The molecule has 2 aliphatic heterocycles. The van der Waals surface area contributed by atoms with E-state index < -0.39 is 0 Å². The molecule has 2 atom stereocenters. The summed E-state index contributed by atoms with van der Waals surface area (Å²) in [5.74, 6) is 0. The van der Waals surface area contributed by atoms with Crippen molar-refractivity contribution in [1.82, 2.24) is 10.2 Å². The van der Waals surface area contributed by atoms with Gasteiger partial charge in [-0.25, -0.2) is 0 Å². The maximum absolute atomic E-state index is 5.71. The van der Waals surface area contributed by atoms with Gasteiger partial charge in [0, 0.05) is 12.6 Å². The van der Waals surface area contributed by atoms with Crippen molar-refractivity contribution in [1.29, 1.82) is 0 Å². The molecule has 1 aromatic rings. The lowest BCUT2D eigenvalue weighted by Gasteiger charge is -2.34. The van der Waals surface area contributed by atoms with E-state index in [1.807, 2.05) is 0 Å². The average Bonchev–Trinajstić information content (AvgIpc) is 2.53. The highest BCUT2D eigenvalue weighted by Crippen LogP contribution is 2.24. The van der Waals surface area contributed by atoms with Gasteiger partial charge in [-0.2, -0.15) is 0 Å². The molecular formula is C17H26N2O. The second-order valence-corrected chi connectivity index (χ2v) is 6.12. The molecule has 0 amide bonds. The molecule has 1 fully saturated rings. The molecule has 110 valence electrons. The molecule has 0 aromatic heterocycles. The highest BCUT2D eigenvalue weighted by molar-refractivity contribution is 5.31. The van der Waals surface area contributed by atoms with Gasteiger partial charge in [0.05, 0.1) is 19.3 Å². The molecule has 2 heterocycles. The fraction of sp³-hybridized carbons (Fsp3) is 0.647. The number of fused-ring (bicyclic) bond motifs is 1. The lowest BCUT2D eigenvalue weighted by Crippen LogP contribution is -2.44. The van der Waals surface area contributed by atoms with E-state index in [9.17, 15) is 0 Å². The van der Waals surface area contributed by atoms with Crippen molar-refractivity contribution in [2.75, 3.05) is 26.2 Å². The van der Waals surface area contributed by atoms with E-state index >= 15 is 0 Å². The fourth-order valence-corrected chi connectivity index (χ4v) is 3.35. The summed E-state index contributed by atoms with van der Waals surface area (Å²) in [7, 11) is 0. The normalized spacial score (nSPS) is 25.1. The zero-order chi connectivity index (χ0) is 13.8. The molecule has 0 radical (unpaired) electrons. The van der Waals surface area contributed by atoms with Gasteiger partial charge >= 0.3 is 0 Å². The van der Waals surface area contributed by atoms with Crippen molar-refractivity contribution < 1.29 is 4.74 Å². The van der Waals surface area contributed by atoms with Crippen LogP contribution in [0.3, 0.4) is 0 Å². The van der Waals surface area contributed by atoms with Gasteiger partial charge in [0.25, 0.3) is 0 Å². The van der Waals surface area contributed by atoms with Crippen LogP contribution in [0.5, 0.6) is 0 Å². The summed E-state index contributed by atoms with van der Waals surface area (Å²) in [5, 5.41) is 3.71. The average molecular weight is 274 g/mol. The van der Waals surface area contributed by atoms with Crippen molar-refractivity contribution in [2.45, 2.75) is 44.9 Å². The van der Waals surface area contributed by atoms with Crippen LogP contribution in [0.4, 0.5) is 0 Å². The molecule has 1 saturated heterocycles. The number of benzene rings is 1. The van der Waals surface area contributed by atoms with Crippen LogP contribution in [0.2, 0.25) is 0 Å². The Kier molecular flexibility index (Phi) is 4.71. The quantitative estimate of drug-likeness (QED) is 0.913. The minimum absolute atomic E-state index is 0.354. The van der Waals surface area contributed by atoms with Gasteiger partial charge in [0.1, 0.15) is 0 Å². The van der Waals surface area contributed by atoms with Gasteiger partial charge in [-0.15, -0.1) is 0 Å². The van der Waals surface area contributed by atoms with Crippen LogP contribution in [-0.4, -0.2) is 37.2 Å². The fourth-order valence-electron chi connectivity index (χ4n) is 3.35. The Bertz CT molecular complexity index is 429. The van der Waals surface area contributed by atoms with Crippen LogP contribution < -0.4 is 5.32 Å². The molecule has 20 heavy (non-hydrogen) atoms. The highest BCUT2D eigenvalue weighted by Gasteiger charge is 2.22. The highest BCUT2D eigenvalue weighted by atomic mass is 16.5. The van der Waals surface area contributed by atoms with Gasteiger partial charge in [0.2, 0.25) is 0 Å². The first-order valence-electron chi connectivity index (χ1n) is 7.97. The van der Waals surface area contributed by atoms with Crippen LogP contribution in [0, 0.1) is 0 Å². The minimum atomic E-state index is 0.354. The summed E-state index contributed by atoms with van der Waals surface area (Å²) in [6.45, 7) is 7.47. The number of piperidine rings is 1. The number of nitrogens with one attached hydrogen (secondary N) is 1. The third kappa shape index (κ3) is 3.22. The van der Waals surface area contributed by atoms with Crippen molar-refractivity contribution in [3.63, 3.8) is 0 Å². The van der Waals surface area contributed by atoms with E-state index in [1.54, 1.807) is 0 Å². The molecule has 3 nitrogen and oxygen atoms in total. The molecule has 2 unspecified atom stereocenters. The Morgan fingerprint density at radius 3 is 2.90 bits per heavy atom. The number of nitrogens with zero attached hydrogens (tertiary/aromatic N) is 1. The first-order chi connectivity index (χ1) is 9.84. The van der Waals surface area contributed by atoms with E-state index in [4.69, 9.17) is 4.74 Å². The van der Waals surface area contributed by atoms with E-state index in [0.29, 0.717) is 12.1 Å². The molecule has 3 rings (SSSR count). The molecular weight excluding hydrogens is 248 g/mol.